The normalized spacial score (nSPS) is 20.2. The number of carbonyl (C=O) groups excluding carboxylic acids is 1. The number of hydrogen-bond acceptors (Lipinski definition) is 6. The first kappa shape index (κ1) is 17.7. The molecule has 7 nitrogen and oxygen atoms in total. The van der Waals surface area contributed by atoms with Crippen LogP contribution in [0, 0.1) is 6.92 Å². The SMILES string of the molecule is Cc1cc(NC(=O)CN2CCCCCC2CC(O)c2ccco2)no1. The third kappa shape index (κ3) is 4.93. The van der Waals surface area contributed by atoms with E-state index in [4.69, 9.17) is 8.94 Å². The van der Waals surface area contributed by atoms with E-state index >= 15 is 0 Å². The predicted molar refractivity (Wildman–Crippen MR) is 92.0 cm³/mol. The van der Waals surface area contributed by atoms with Gasteiger partial charge in [-0.1, -0.05) is 18.0 Å². The molecule has 1 aliphatic rings. The summed E-state index contributed by atoms with van der Waals surface area (Å²) in [6, 6.07) is 5.40. The molecule has 0 saturated carbocycles. The molecule has 1 amide bonds. The van der Waals surface area contributed by atoms with Gasteiger partial charge in [0.05, 0.1) is 12.8 Å². The van der Waals surface area contributed by atoms with Crippen molar-refractivity contribution in [3.05, 3.63) is 36.0 Å². The van der Waals surface area contributed by atoms with Crippen LogP contribution in [0.5, 0.6) is 0 Å². The van der Waals surface area contributed by atoms with Gasteiger partial charge in [0, 0.05) is 12.1 Å². The van der Waals surface area contributed by atoms with E-state index in [-0.39, 0.29) is 18.5 Å². The van der Waals surface area contributed by atoms with Gasteiger partial charge < -0.3 is 19.4 Å². The van der Waals surface area contributed by atoms with E-state index in [0.717, 1.165) is 32.2 Å². The maximum absolute atomic E-state index is 12.3. The minimum Gasteiger partial charge on any atom is -0.467 e. The van der Waals surface area contributed by atoms with Crippen LogP contribution in [0.25, 0.3) is 0 Å². The van der Waals surface area contributed by atoms with Crippen LogP contribution >= 0.6 is 0 Å². The van der Waals surface area contributed by atoms with Crippen molar-refractivity contribution in [2.24, 2.45) is 0 Å². The average molecular weight is 347 g/mol. The number of aliphatic hydroxyl groups is 1. The Balaban J connectivity index is 1.60. The number of nitrogens with one attached hydrogen (secondary N) is 1. The number of hydrogen-bond donors (Lipinski definition) is 2. The molecule has 2 N–H and O–H groups in total. The minimum atomic E-state index is -0.651. The number of anilines is 1. The summed E-state index contributed by atoms with van der Waals surface area (Å²) in [6.45, 7) is 2.91. The predicted octanol–water partition coefficient (Wildman–Crippen LogP) is 2.88. The second-order valence-electron chi connectivity index (χ2n) is 6.61. The fourth-order valence-electron chi connectivity index (χ4n) is 3.36. The van der Waals surface area contributed by atoms with Gasteiger partial charge in [-0.25, -0.2) is 0 Å². The fourth-order valence-corrected chi connectivity index (χ4v) is 3.36. The lowest BCUT2D eigenvalue weighted by molar-refractivity contribution is -0.118. The van der Waals surface area contributed by atoms with Crippen molar-refractivity contribution in [3.63, 3.8) is 0 Å². The maximum Gasteiger partial charge on any atom is 0.239 e. The Labute approximate surface area is 147 Å². The van der Waals surface area contributed by atoms with Gasteiger partial charge in [0.15, 0.2) is 5.82 Å². The molecular weight excluding hydrogens is 322 g/mol. The van der Waals surface area contributed by atoms with Crippen LogP contribution in [0.4, 0.5) is 5.82 Å². The Bertz CT molecular complexity index is 668. The van der Waals surface area contributed by atoms with E-state index in [9.17, 15) is 9.90 Å². The molecule has 136 valence electrons. The van der Waals surface area contributed by atoms with Crippen LogP contribution in [0.3, 0.4) is 0 Å². The number of amides is 1. The summed E-state index contributed by atoms with van der Waals surface area (Å²) >= 11 is 0. The van der Waals surface area contributed by atoms with Crippen LogP contribution in [0.1, 0.15) is 49.7 Å². The van der Waals surface area contributed by atoms with Crippen molar-refractivity contribution >= 4 is 11.7 Å². The second kappa shape index (κ2) is 8.31. The van der Waals surface area contributed by atoms with Gasteiger partial charge in [0.1, 0.15) is 17.6 Å². The molecule has 25 heavy (non-hydrogen) atoms. The first-order valence-corrected chi connectivity index (χ1v) is 8.80. The number of likely N-dealkylation sites (tertiary alicyclic amines) is 1. The summed E-state index contributed by atoms with van der Waals surface area (Å²) < 4.78 is 10.3. The van der Waals surface area contributed by atoms with E-state index in [1.54, 1.807) is 31.4 Å². The smallest absolute Gasteiger partial charge is 0.239 e. The zero-order valence-electron chi connectivity index (χ0n) is 14.5. The Hall–Kier alpha value is -2.12. The van der Waals surface area contributed by atoms with E-state index in [2.05, 4.69) is 15.4 Å². The van der Waals surface area contributed by atoms with Crippen molar-refractivity contribution in [3.8, 4) is 0 Å². The van der Waals surface area contributed by atoms with Crippen LogP contribution in [0.2, 0.25) is 0 Å². The lowest BCUT2D eigenvalue weighted by atomic mass is 10.0. The van der Waals surface area contributed by atoms with Crippen LogP contribution in [0.15, 0.2) is 33.4 Å². The summed E-state index contributed by atoms with van der Waals surface area (Å²) in [6.07, 6.45) is 5.75. The van der Waals surface area contributed by atoms with Gasteiger partial charge in [-0.15, -0.1) is 0 Å². The van der Waals surface area contributed by atoms with Crippen molar-refractivity contribution in [2.75, 3.05) is 18.4 Å². The molecule has 0 aromatic carbocycles. The first-order chi connectivity index (χ1) is 12.1. The molecule has 0 aliphatic carbocycles. The number of nitrogens with zero attached hydrogens (tertiary/aromatic N) is 2. The molecule has 2 atom stereocenters. The first-order valence-electron chi connectivity index (χ1n) is 8.80. The van der Waals surface area contributed by atoms with Gasteiger partial charge in [-0.2, -0.15) is 0 Å². The summed E-state index contributed by atoms with van der Waals surface area (Å²) in [5.41, 5.74) is 0. The lowest BCUT2D eigenvalue weighted by Crippen LogP contribution is -2.41. The van der Waals surface area contributed by atoms with Crippen molar-refractivity contribution < 1.29 is 18.8 Å². The molecule has 1 fully saturated rings. The molecule has 1 saturated heterocycles. The van der Waals surface area contributed by atoms with Gasteiger partial charge in [-0.05, 0) is 44.9 Å². The molecule has 1 aliphatic heterocycles. The van der Waals surface area contributed by atoms with E-state index in [0.29, 0.717) is 23.8 Å². The number of carbonyl (C=O) groups is 1. The second-order valence-corrected chi connectivity index (χ2v) is 6.61. The Morgan fingerprint density at radius 1 is 1.48 bits per heavy atom. The average Bonchev–Trinajstić information content (AvgIpc) is 3.19. The largest absolute Gasteiger partial charge is 0.467 e. The van der Waals surface area contributed by atoms with Gasteiger partial charge in [0.25, 0.3) is 0 Å². The van der Waals surface area contributed by atoms with E-state index in [1.165, 1.54) is 0 Å². The summed E-state index contributed by atoms with van der Waals surface area (Å²) in [4.78, 5) is 14.5. The van der Waals surface area contributed by atoms with Crippen LogP contribution in [-0.2, 0) is 4.79 Å². The van der Waals surface area contributed by atoms with Crippen molar-refractivity contribution in [1.82, 2.24) is 10.1 Å². The van der Waals surface area contributed by atoms with Gasteiger partial charge in [-0.3, -0.25) is 9.69 Å². The Kier molecular flexibility index (Phi) is 5.88. The lowest BCUT2D eigenvalue weighted by Gasteiger charge is -2.30. The van der Waals surface area contributed by atoms with Gasteiger partial charge in [0.2, 0.25) is 5.91 Å². The molecule has 3 heterocycles. The highest BCUT2D eigenvalue weighted by Crippen LogP contribution is 2.26. The quantitative estimate of drug-likeness (QED) is 0.835. The van der Waals surface area contributed by atoms with E-state index in [1.807, 2.05) is 0 Å². The zero-order chi connectivity index (χ0) is 17.6. The van der Waals surface area contributed by atoms with Crippen LogP contribution < -0.4 is 5.32 Å². The topological polar surface area (TPSA) is 91.7 Å². The Morgan fingerprint density at radius 2 is 2.36 bits per heavy atom. The van der Waals surface area contributed by atoms with Crippen molar-refractivity contribution in [2.45, 2.75) is 51.2 Å². The molecule has 3 rings (SSSR count). The number of furan rings is 1. The molecule has 2 unspecified atom stereocenters. The van der Waals surface area contributed by atoms with Gasteiger partial charge >= 0.3 is 0 Å². The fraction of sp³-hybridized carbons (Fsp3) is 0.556. The molecule has 2 aromatic heterocycles. The molecular formula is C18H25N3O4. The molecule has 0 spiro atoms. The standard InChI is InChI=1S/C18H25N3O4/c1-13-10-17(20-25-13)19-18(23)12-21-8-4-2-3-6-14(21)11-15(22)16-7-5-9-24-16/h5,7,9-10,14-15,22H,2-4,6,8,11-12H2,1H3,(H,19,20,23). The molecule has 2 aromatic rings. The molecule has 0 radical (unpaired) electrons. The van der Waals surface area contributed by atoms with Crippen LogP contribution in [-0.4, -0.2) is 40.2 Å². The number of aryl methyl sites for hydroxylation is 1. The molecule has 0 bridgehead atoms. The zero-order valence-corrected chi connectivity index (χ0v) is 14.5. The highest BCUT2D eigenvalue weighted by Gasteiger charge is 2.26. The maximum atomic E-state index is 12.3. The monoisotopic (exact) mass is 347 g/mol. The number of rotatable bonds is 6. The third-order valence-electron chi connectivity index (χ3n) is 4.61. The number of aromatic nitrogens is 1. The highest BCUT2D eigenvalue weighted by atomic mass is 16.5. The summed E-state index contributed by atoms with van der Waals surface area (Å²) in [5.74, 6) is 1.55. The summed E-state index contributed by atoms with van der Waals surface area (Å²) in [7, 11) is 0. The third-order valence-corrected chi connectivity index (χ3v) is 4.61. The Morgan fingerprint density at radius 3 is 3.08 bits per heavy atom. The number of aliphatic hydroxyl groups excluding tert-OH is 1. The summed E-state index contributed by atoms with van der Waals surface area (Å²) in [5, 5.41) is 17.0. The highest BCUT2D eigenvalue weighted by molar-refractivity contribution is 5.91. The van der Waals surface area contributed by atoms with E-state index < -0.39 is 6.10 Å². The molecule has 7 heteroatoms. The minimum absolute atomic E-state index is 0.118. The van der Waals surface area contributed by atoms with Crippen molar-refractivity contribution in [1.29, 1.82) is 0 Å².